The van der Waals surface area contributed by atoms with Gasteiger partial charge in [-0.1, -0.05) is 32.0 Å². The SMILES string of the molecule is CCC(NC(=O)C1C(c2c(C)cccc2C)CCN1C(=O)C1CCCN1C(=O)C(CC)NC(=O)OC(C)(C)C)C(N)=O. The number of likely N-dealkylation sites (tertiary alicyclic amines) is 2. The largest absolute Gasteiger partial charge is 0.444 e. The number of primary amides is 1. The van der Waals surface area contributed by atoms with Crippen LogP contribution in [0.4, 0.5) is 4.79 Å². The number of alkyl carbamates (subject to hydrolysis) is 1. The first-order valence-electron chi connectivity index (χ1n) is 15.0. The molecule has 1 aromatic carbocycles. The van der Waals surface area contributed by atoms with E-state index < -0.39 is 47.7 Å². The fourth-order valence-corrected chi connectivity index (χ4v) is 6.18. The Morgan fingerprint density at radius 1 is 0.952 bits per heavy atom. The maximum absolute atomic E-state index is 14.2. The predicted molar refractivity (Wildman–Crippen MR) is 158 cm³/mol. The number of nitrogens with two attached hydrogens (primary N) is 1. The van der Waals surface area contributed by atoms with Gasteiger partial charge in [0.05, 0.1) is 0 Å². The number of benzene rings is 1. The lowest BCUT2D eigenvalue weighted by Crippen LogP contribution is -2.58. The predicted octanol–water partition coefficient (Wildman–Crippen LogP) is 2.66. The van der Waals surface area contributed by atoms with Crippen molar-refractivity contribution in [3.63, 3.8) is 0 Å². The van der Waals surface area contributed by atoms with Crippen molar-refractivity contribution in [3.05, 3.63) is 34.9 Å². The van der Waals surface area contributed by atoms with Crippen molar-refractivity contribution >= 4 is 29.7 Å². The minimum Gasteiger partial charge on any atom is -0.444 e. The van der Waals surface area contributed by atoms with Gasteiger partial charge in [-0.2, -0.15) is 0 Å². The number of amides is 5. The van der Waals surface area contributed by atoms with Gasteiger partial charge in [0, 0.05) is 19.0 Å². The molecule has 0 bridgehead atoms. The molecule has 2 saturated heterocycles. The number of rotatable bonds is 9. The first-order valence-corrected chi connectivity index (χ1v) is 15.0. The number of nitrogens with zero attached hydrogens (tertiary/aromatic N) is 2. The molecule has 5 atom stereocenters. The Bertz CT molecular complexity index is 1170. The Labute approximate surface area is 248 Å². The van der Waals surface area contributed by atoms with E-state index in [0.29, 0.717) is 45.2 Å². The Kier molecular flexibility index (Phi) is 10.6. The molecule has 4 N–H and O–H groups in total. The van der Waals surface area contributed by atoms with Crippen molar-refractivity contribution in [2.45, 2.75) is 116 Å². The van der Waals surface area contributed by atoms with Gasteiger partial charge in [0.15, 0.2) is 0 Å². The maximum atomic E-state index is 14.2. The molecule has 3 rings (SSSR count). The first kappa shape index (κ1) is 32.9. The molecule has 42 heavy (non-hydrogen) atoms. The van der Waals surface area contributed by atoms with Gasteiger partial charge in [-0.25, -0.2) is 4.79 Å². The van der Waals surface area contributed by atoms with Gasteiger partial charge in [0.25, 0.3) is 0 Å². The van der Waals surface area contributed by atoms with Crippen LogP contribution >= 0.6 is 0 Å². The Hall–Kier alpha value is -3.63. The molecule has 2 fully saturated rings. The molecule has 0 saturated carbocycles. The second-order valence-corrected chi connectivity index (χ2v) is 12.3. The Balaban J connectivity index is 1.90. The summed E-state index contributed by atoms with van der Waals surface area (Å²) in [6.07, 6.45) is 1.58. The number of aryl methyl sites for hydroxylation is 2. The summed E-state index contributed by atoms with van der Waals surface area (Å²) in [5.41, 5.74) is 7.85. The second-order valence-electron chi connectivity index (χ2n) is 12.3. The zero-order chi connectivity index (χ0) is 31.4. The molecule has 11 nitrogen and oxygen atoms in total. The number of carbonyl (C=O) groups excluding carboxylic acids is 5. The van der Waals surface area contributed by atoms with Crippen LogP contribution in [0.15, 0.2) is 18.2 Å². The molecule has 5 unspecified atom stereocenters. The van der Waals surface area contributed by atoms with Crippen LogP contribution in [0.5, 0.6) is 0 Å². The summed E-state index contributed by atoms with van der Waals surface area (Å²) in [5.74, 6) is -2.03. The summed E-state index contributed by atoms with van der Waals surface area (Å²) in [4.78, 5) is 69.1. The van der Waals surface area contributed by atoms with Crippen LogP contribution in [0.2, 0.25) is 0 Å². The number of hydrogen-bond acceptors (Lipinski definition) is 6. The Morgan fingerprint density at radius 2 is 1.57 bits per heavy atom. The van der Waals surface area contributed by atoms with Crippen LogP contribution in [0.25, 0.3) is 0 Å². The molecular weight excluding hydrogens is 538 g/mol. The summed E-state index contributed by atoms with van der Waals surface area (Å²) in [7, 11) is 0. The lowest BCUT2D eigenvalue weighted by atomic mass is 9.85. The van der Waals surface area contributed by atoms with Crippen LogP contribution in [0, 0.1) is 13.8 Å². The first-order chi connectivity index (χ1) is 19.7. The topological polar surface area (TPSA) is 151 Å². The van der Waals surface area contributed by atoms with Crippen LogP contribution in [-0.4, -0.2) is 82.4 Å². The van der Waals surface area contributed by atoms with E-state index in [0.717, 1.165) is 16.7 Å². The number of ether oxygens (including phenoxy) is 1. The van der Waals surface area contributed by atoms with Crippen molar-refractivity contribution in [2.24, 2.45) is 5.73 Å². The van der Waals surface area contributed by atoms with Crippen LogP contribution < -0.4 is 16.4 Å². The lowest BCUT2D eigenvalue weighted by molar-refractivity contribution is -0.147. The van der Waals surface area contributed by atoms with E-state index in [9.17, 15) is 24.0 Å². The van der Waals surface area contributed by atoms with E-state index in [1.54, 1.807) is 39.5 Å². The molecule has 232 valence electrons. The zero-order valence-electron chi connectivity index (χ0n) is 26.0. The summed E-state index contributed by atoms with van der Waals surface area (Å²) in [5, 5.41) is 5.42. The average molecular weight is 586 g/mol. The standard InChI is InChI=1S/C31H47N5O6/c1-8-21(26(32)37)33-27(38)25-20(24-18(3)12-10-13-19(24)4)15-17-36(25)29(40)23-14-11-16-35(23)28(39)22(9-2)34-30(41)42-31(5,6)7/h10,12-13,20-23,25H,8-9,11,14-17H2,1-7H3,(H2,32,37)(H,33,38)(H,34,41). The summed E-state index contributed by atoms with van der Waals surface area (Å²) in [6, 6.07) is 2.58. The molecule has 0 radical (unpaired) electrons. The molecule has 2 heterocycles. The third-order valence-corrected chi connectivity index (χ3v) is 8.15. The van der Waals surface area contributed by atoms with Gasteiger partial charge >= 0.3 is 6.09 Å². The van der Waals surface area contributed by atoms with Gasteiger partial charge in [-0.15, -0.1) is 0 Å². The van der Waals surface area contributed by atoms with Gasteiger partial charge in [-0.05, 0) is 83.4 Å². The quantitative estimate of drug-likeness (QED) is 0.405. The minimum atomic E-state index is -0.870. The highest BCUT2D eigenvalue weighted by Crippen LogP contribution is 2.38. The molecule has 0 aliphatic carbocycles. The molecule has 11 heteroatoms. The van der Waals surface area contributed by atoms with Crippen LogP contribution in [0.1, 0.15) is 89.3 Å². The summed E-state index contributed by atoms with van der Waals surface area (Å²) >= 11 is 0. The normalized spacial score (nSPS) is 21.9. The minimum absolute atomic E-state index is 0.289. The molecule has 2 aliphatic heterocycles. The van der Waals surface area contributed by atoms with Crippen molar-refractivity contribution in [1.82, 2.24) is 20.4 Å². The van der Waals surface area contributed by atoms with Gasteiger partial charge < -0.3 is 30.9 Å². The highest BCUT2D eigenvalue weighted by Gasteiger charge is 2.48. The smallest absolute Gasteiger partial charge is 0.408 e. The molecule has 2 aliphatic rings. The number of hydrogen-bond donors (Lipinski definition) is 3. The van der Waals surface area contributed by atoms with Gasteiger partial charge in [-0.3, -0.25) is 19.2 Å². The number of nitrogens with one attached hydrogen (secondary N) is 2. The fraction of sp³-hybridized carbons (Fsp3) is 0.645. The van der Waals surface area contributed by atoms with Crippen molar-refractivity contribution in [2.75, 3.05) is 13.1 Å². The van der Waals surface area contributed by atoms with Crippen molar-refractivity contribution in [3.8, 4) is 0 Å². The zero-order valence-corrected chi connectivity index (χ0v) is 26.0. The molecule has 1 aromatic rings. The van der Waals surface area contributed by atoms with Gasteiger partial charge in [0.2, 0.25) is 23.6 Å². The lowest BCUT2D eigenvalue weighted by Gasteiger charge is -2.34. The van der Waals surface area contributed by atoms with Crippen LogP contribution in [-0.2, 0) is 23.9 Å². The van der Waals surface area contributed by atoms with Crippen molar-refractivity contribution < 1.29 is 28.7 Å². The monoisotopic (exact) mass is 585 g/mol. The molecule has 0 spiro atoms. The maximum Gasteiger partial charge on any atom is 0.408 e. The number of carbonyl (C=O) groups is 5. The van der Waals surface area contributed by atoms with E-state index in [-0.39, 0.29) is 17.7 Å². The summed E-state index contributed by atoms with van der Waals surface area (Å²) in [6.45, 7) is 13.4. The van der Waals surface area contributed by atoms with E-state index in [1.165, 1.54) is 4.90 Å². The van der Waals surface area contributed by atoms with E-state index in [4.69, 9.17) is 10.5 Å². The molecule has 5 amide bonds. The Morgan fingerprint density at radius 3 is 2.12 bits per heavy atom. The van der Waals surface area contributed by atoms with Crippen molar-refractivity contribution in [1.29, 1.82) is 0 Å². The second kappa shape index (κ2) is 13.6. The van der Waals surface area contributed by atoms with Crippen LogP contribution in [0.3, 0.4) is 0 Å². The van der Waals surface area contributed by atoms with E-state index >= 15 is 0 Å². The molecular formula is C31H47N5O6. The summed E-state index contributed by atoms with van der Waals surface area (Å²) < 4.78 is 5.34. The van der Waals surface area contributed by atoms with Gasteiger partial charge in [0.1, 0.15) is 29.8 Å². The third-order valence-electron chi connectivity index (χ3n) is 8.15. The highest BCUT2D eigenvalue weighted by atomic mass is 16.6. The van der Waals surface area contributed by atoms with E-state index in [1.807, 2.05) is 32.0 Å². The highest BCUT2D eigenvalue weighted by molar-refractivity contribution is 5.96. The third kappa shape index (κ3) is 7.41. The van der Waals surface area contributed by atoms with E-state index in [2.05, 4.69) is 10.6 Å². The molecule has 0 aromatic heterocycles. The fourth-order valence-electron chi connectivity index (χ4n) is 6.18. The average Bonchev–Trinajstić information content (AvgIpc) is 3.56.